The van der Waals surface area contributed by atoms with Gasteiger partial charge >= 0.3 is 6.09 Å². The molecule has 6 rings (SSSR count). The van der Waals surface area contributed by atoms with Crippen molar-refractivity contribution in [2.45, 2.75) is 52.7 Å². The predicted molar refractivity (Wildman–Crippen MR) is 258 cm³/mol. The van der Waals surface area contributed by atoms with E-state index < -0.39 is 11.6 Å². The molecule has 0 atom stereocenters. The number of nitrogens with zero attached hydrogens (tertiary/aromatic N) is 1. The van der Waals surface area contributed by atoms with Crippen LogP contribution in [0.1, 0.15) is 53.4 Å². The summed E-state index contributed by atoms with van der Waals surface area (Å²) >= 11 is 13.3. The first-order valence-electron chi connectivity index (χ1n) is 20.5. The van der Waals surface area contributed by atoms with Crippen molar-refractivity contribution >= 4 is 53.3 Å². The molecule has 0 saturated heterocycles. The Labute approximate surface area is 391 Å². The fourth-order valence-electron chi connectivity index (χ4n) is 6.12. The van der Waals surface area contributed by atoms with Gasteiger partial charge in [-0.25, -0.2) is 4.79 Å². The van der Waals surface area contributed by atoms with Gasteiger partial charge in [0.05, 0.1) is 16.3 Å². The second-order valence-corrected chi connectivity index (χ2v) is 15.9. The standard InChI is InChI=1S/C27H31ClN2O4.C23H23ClN2O3.ClH/c1-27(2,3)30(26(31)32)17-16-29-22-14-15-23(33-18-20-10-6-4-7-11-20)25(24(22)28)34-19-21-12-8-5-9-13-21;24-21-19(23(27)26-14-13-25)11-12-20(28-15-17-7-3-1-4-8-17)22(21)29-16-18-9-5-2-6-10-18;/h4-15,29H,16-19H2,1-3H3,(H,31,32);1-12H,13-16,25H2,(H,26,27);1H. The number of halogens is 3. The van der Waals surface area contributed by atoms with Crippen molar-refractivity contribution in [1.82, 2.24) is 10.2 Å². The second-order valence-electron chi connectivity index (χ2n) is 15.2. The molecule has 0 aliphatic heterocycles. The average Bonchev–Trinajstić information content (AvgIpc) is 3.29. The molecule has 0 unspecified atom stereocenters. The smallest absolute Gasteiger partial charge is 0.407 e. The molecule has 0 saturated carbocycles. The summed E-state index contributed by atoms with van der Waals surface area (Å²) in [6, 6.07) is 46.2. The zero-order valence-electron chi connectivity index (χ0n) is 36.1. The fourth-order valence-corrected chi connectivity index (χ4v) is 6.69. The first kappa shape index (κ1) is 50.5. The van der Waals surface area contributed by atoms with E-state index in [9.17, 15) is 14.7 Å². The van der Waals surface area contributed by atoms with E-state index in [0.717, 1.165) is 22.3 Å². The van der Waals surface area contributed by atoms with Crippen LogP contribution in [0.5, 0.6) is 23.0 Å². The normalized spacial score (nSPS) is 10.6. The minimum absolute atomic E-state index is 0. The van der Waals surface area contributed by atoms with E-state index in [4.69, 9.17) is 47.9 Å². The van der Waals surface area contributed by atoms with E-state index in [2.05, 4.69) is 10.6 Å². The first-order chi connectivity index (χ1) is 30.4. The monoisotopic (exact) mass is 928 g/mol. The highest BCUT2D eigenvalue weighted by Crippen LogP contribution is 2.42. The summed E-state index contributed by atoms with van der Waals surface area (Å²) in [5.41, 5.74) is 9.96. The number of nitrogens with one attached hydrogen (secondary N) is 2. The van der Waals surface area contributed by atoms with Crippen LogP contribution in [0.15, 0.2) is 146 Å². The van der Waals surface area contributed by atoms with E-state index in [-0.39, 0.29) is 23.3 Å². The molecule has 64 heavy (non-hydrogen) atoms. The zero-order valence-corrected chi connectivity index (χ0v) is 38.4. The molecule has 338 valence electrons. The minimum Gasteiger partial charge on any atom is -0.485 e. The number of carboxylic acid groups (broad SMARTS) is 1. The van der Waals surface area contributed by atoms with Gasteiger partial charge in [-0.15, -0.1) is 12.4 Å². The summed E-state index contributed by atoms with van der Waals surface area (Å²) in [5.74, 6) is 1.49. The van der Waals surface area contributed by atoms with Crippen molar-refractivity contribution < 1.29 is 33.6 Å². The molecule has 11 nitrogen and oxygen atoms in total. The molecule has 0 bridgehead atoms. The van der Waals surface area contributed by atoms with Crippen molar-refractivity contribution in [3.63, 3.8) is 0 Å². The van der Waals surface area contributed by atoms with Crippen molar-refractivity contribution in [2.75, 3.05) is 31.5 Å². The predicted octanol–water partition coefficient (Wildman–Crippen LogP) is 11.3. The van der Waals surface area contributed by atoms with Crippen molar-refractivity contribution in [3.8, 4) is 23.0 Å². The van der Waals surface area contributed by atoms with Crippen LogP contribution in [-0.2, 0) is 26.4 Å². The number of carbonyl (C=O) groups excluding carboxylic acids is 1. The van der Waals surface area contributed by atoms with Crippen LogP contribution in [-0.4, -0.2) is 53.7 Å². The van der Waals surface area contributed by atoms with Crippen LogP contribution in [0, 0.1) is 0 Å². The second kappa shape index (κ2) is 25.9. The Hall–Kier alpha value is -6.11. The van der Waals surface area contributed by atoms with Gasteiger partial charge in [-0.2, -0.15) is 0 Å². The Morgan fingerprint density at radius 2 is 1.00 bits per heavy atom. The van der Waals surface area contributed by atoms with E-state index in [1.807, 2.05) is 154 Å². The number of amides is 2. The number of carbonyl (C=O) groups is 2. The van der Waals surface area contributed by atoms with E-state index in [0.29, 0.717) is 91.9 Å². The number of ether oxygens (including phenoxy) is 4. The summed E-state index contributed by atoms with van der Waals surface area (Å²) in [7, 11) is 0. The number of rotatable bonds is 19. The molecule has 0 heterocycles. The van der Waals surface area contributed by atoms with Gasteiger partial charge in [0.25, 0.3) is 5.91 Å². The zero-order chi connectivity index (χ0) is 45.0. The first-order valence-corrected chi connectivity index (χ1v) is 21.2. The lowest BCUT2D eigenvalue weighted by molar-refractivity contribution is 0.0953. The van der Waals surface area contributed by atoms with Gasteiger partial charge in [-0.05, 0) is 67.3 Å². The molecule has 6 aromatic rings. The molecule has 0 aliphatic carbocycles. The van der Waals surface area contributed by atoms with Gasteiger partial charge in [0.1, 0.15) is 31.5 Å². The average molecular weight is 930 g/mol. The quantitative estimate of drug-likeness (QED) is 0.0624. The van der Waals surface area contributed by atoms with Crippen LogP contribution >= 0.6 is 35.6 Å². The van der Waals surface area contributed by atoms with E-state index in [1.54, 1.807) is 12.1 Å². The number of hydrogen-bond donors (Lipinski definition) is 4. The molecular weight excluding hydrogens is 875 g/mol. The molecule has 0 spiro atoms. The lowest BCUT2D eigenvalue weighted by Crippen LogP contribution is -2.47. The van der Waals surface area contributed by atoms with Crippen molar-refractivity contribution in [1.29, 1.82) is 0 Å². The molecule has 0 radical (unpaired) electrons. The lowest BCUT2D eigenvalue weighted by Gasteiger charge is -2.33. The highest BCUT2D eigenvalue weighted by molar-refractivity contribution is 6.35. The van der Waals surface area contributed by atoms with E-state index >= 15 is 0 Å². The van der Waals surface area contributed by atoms with Gasteiger partial charge in [-0.3, -0.25) is 4.79 Å². The third-order valence-corrected chi connectivity index (χ3v) is 10.2. The van der Waals surface area contributed by atoms with E-state index in [1.165, 1.54) is 4.90 Å². The Morgan fingerprint density at radius 1 is 0.594 bits per heavy atom. The highest BCUT2D eigenvalue weighted by Gasteiger charge is 2.26. The van der Waals surface area contributed by atoms with Crippen molar-refractivity contribution in [3.05, 3.63) is 183 Å². The number of anilines is 1. The van der Waals surface area contributed by atoms with Crippen LogP contribution in [0.25, 0.3) is 0 Å². The number of hydrogen-bond acceptors (Lipinski definition) is 8. The maximum Gasteiger partial charge on any atom is 0.407 e. The third kappa shape index (κ3) is 15.6. The number of benzene rings is 6. The lowest BCUT2D eigenvalue weighted by atomic mass is 10.1. The Morgan fingerprint density at radius 3 is 1.41 bits per heavy atom. The van der Waals surface area contributed by atoms with Gasteiger partial charge in [-0.1, -0.05) is 145 Å². The fraction of sp³-hybridized carbons (Fsp3) is 0.240. The Kier molecular flexibility index (Phi) is 20.4. The van der Waals surface area contributed by atoms with Gasteiger partial charge in [0.2, 0.25) is 0 Å². The van der Waals surface area contributed by atoms with Crippen LogP contribution in [0.4, 0.5) is 10.5 Å². The summed E-state index contributed by atoms with van der Waals surface area (Å²) in [6.07, 6.45) is -0.961. The van der Waals surface area contributed by atoms with Crippen LogP contribution in [0.2, 0.25) is 10.0 Å². The van der Waals surface area contributed by atoms with Crippen molar-refractivity contribution in [2.24, 2.45) is 5.73 Å². The molecule has 2 amide bonds. The molecule has 14 heteroatoms. The molecule has 0 aromatic heterocycles. The molecule has 6 aromatic carbocycles. The molecular formula is C50H55Cl3N4O7. The highest BCUT2D eigenvalue weighted by atomic mass is 35.5. The SMILES string of the molecule is CC(C)(C)N(CCNc1ccc(OCc2ccccc2)c(OCc2ccccc2)c1Cl)C(=O)O.Cl.NCCNC(=O)c1ccc(OCc2ccccc2)c(OCc2ccccc2)c1Cl. The maximum absolute atomic E-state index is 12.4. The van der Waals surface area contributed by atoms with Gasteiger partial charge in [0.15, 0.2) is 23.0 Å². The minimum atomic E-state index is -0.961. The van der Waals surface area contributed by atoms with Crippen LogP contribution in [0.3, 0.4) is 0 Å². The molecule has 5 N–H and O–H groups in total. The summed E-state index contributed by atoms with van der Waals surface area (Å²) in [5, 5.41) is 16.1. The summed E-state index contributed by atoms with van der Waals surface area (Å²) in [4.78, 5) is 25.4. The summed E-state index contributed by atoms with van der Waals surface area (Å²) < 4.78 is 24.1. The molecule has 0 aliphatic rings. The van der Waals surface area contributed by atoms with Gasteiger partial charge in [0, 0.05) is 31.7 Å². The molecule has 0 fully saturated rings. The third-order valence-electron chi connectivity index (χ3n) is 9.41. The summed E-state index contributed by atoms with van der Waals surface area (Å²) in [6.45, 7) is 8.38. The number of nitrogens with two attached hydrogens (primary N) is 1. The Bertz CT molecular complexity index is 2340. The largest absolute Gasteiger partial charge is 0.485 e. The Balaban J connectivity index is 0.000000279. The maximum atomic E-state index is 12.4. The topological polar surface area (TPSA) is 145 Å². The van der Waals surface area contributed by atoms with Crippen LogP contribution < -0.4 is 35.3 Å². The van der Waals surface area contributed by atoms with Gasteiger partial charge < -0.3 is 45.3 Å².